The van der Waals surface area contributed by atoms with Crippen LogP contribution in [0.4, 0.5) is 5.82 Å². The van der Waals surface area contributed by atoms with Crippen molar-refractivity contribution < 1.29 is 0 Å². The molecule has 1 aliphatic carbocycles. The summed E-state index contributed by atoms with van der Waals surface area (Å²) in [6.07, 6.45) is 1.31. The van der Waals surface area contributed by atoms with Gasteiger partial charge in [-0.05, 0) is 30.4 Å². The summed E-state index contributed by atoms with van der Waals surface area (Å²) < 4.78 is 0. The van der Waals surface area contributed by atoms with Gasteiger partial charge in [0.15, 0.2) is 0 Å². The first-order valence-electron chi connectivity index (χ1n) is 6.58. The lowest BCUT2D eigenvalue weighted by atomic mass is 10.1. The van der Waals surface area contributed by atoms with Crippen molar-refractivity contribution in [2.45, 2.75) is 13.3 Å². The molecule has 0 radical (unpaired) electrons. The summed E-state index contributed by atoms with van der Waals surface area (Å²) in [5.74, 6) is 2.48. The van der Waals surface area contributed by atoms with Gasteiger partial charge in [-0.3, -0.25) is 0 Å². The van der Waals surface area contributed by atoms with Crippen LogP contribution < -0.4 is 11.1 Å². The standard InChI is InChI=1S/C15H17N3S/c1-9-6-10(9)8-17-14-7-12(15(16)19)11-4-2-3-5-13(11)18-14/h2-5,7,9-10H,6,8H2,1H3,(H2,16,19)(H,17,18). The lowest BCUT2D eigenvalue weighted by molar-refractivity contribution is 0.785. The zero-order valence-corrected chi connectivity index (χ0v) is 11.7. The molecule has 1 aromatic carbocycles. The first kappa shape index (κ1) is 12.4. The van der Waals surface area contributed by atoms with Gasteiger partial charge in [0, 0.05) is 17.5 Å². The fourth-order valence-electron chi connectivity index (χ4n) is 2.39. The van der Waals surface area contributed by atoms with Gasteiger partial charge in [0.1, 0.15) is 10.8 Å². The first-order valence-corrected chi connectivity index (χ1v) is 6.99. The number of hydrogen-bond acceptors (Lipinski definition) is 3. The van der Waals surface area contributed by atoms with Crippen molar-refractivity contribution in [3.63, 3.8) is 0 Å². The van der Waals surface area contributed by atoms with E-state index >= 15 is 0 Å². The van der Waals surface area contributed by atoms with Crippen LogP contribution in [0.25, 0.3) is 10.9 Å². The monoisotopic (exact) mass is 271 g/mol. The van der Waals surface area contributed by atoms with E-state index < -0.39 is 0 Å². The molecule has 1 heterocycles. The Labute approximate surface area is 118 Å². The van der Waals surface area contributed by atoms with E-state index in [-0.39, 0.29) is 0 Å². The second-order valence-electron chi connectivity index (χ2n) is 5.29. The van der Waals surface area contributed by atoms with Gasteiger partial charge in [0.05, 0.1) is 5.52 Å². The summed E-state index contributed by atoms with van der Waals surface area (Å²) in [5.41, 5.74) is 7.64. The highest BCUT2D eigenvalue weighted by atomic mass is 32.1. The molecule has 0 saturated heterocycles. The van der Waals surface area contributed by atoms with Crippen molar-refractivity contribution in [1.29, 1.82) is 0 Å². The maximum absolute atomic E-state index is 5.81. The van der Waals surface area contributed by atoms with Gasteiger partial charge in [0.2, 0.25) is 0 Å². The Morgan fingerprint density at radius 1 is 1.47 bits per heavy atom. The van der Waals surface area contributed by atoms with Crippen LogP contribution in [0.3, 0.4) is 0 Å². The van der Waals surface area contributed by atoms with Crippen LogP contribution in [0.2, 0.25) is 0 Å². The number of rotatable bonds is 4. The van der Waals surface area contributed by atoms with E-state index in [1.807, 2.05) is 30.3 Å². The lowest BCUT2D eigenvalue weighted by Gasteiger charge is -2.10. The molecule has 3 nitrogen and oxygen atoms in total. The molecule has 1 saturated carbocycles. The van der Waals surface area contributed by atoms with E-state index in [0.29, 0.717) is 4.99 Å². The Balaban J connectivity index is 1.94. The third-order valence-corrected chi connectivity index (χ3v) is 4.02. The van der Waals surface area contributed by atoms with Crippen LogP contribution in [0.1, 0.15) is 18.9 Å². The van der Waals surface area contributed by atoms with Crippen molar-refractivity contribution in [2.75, 3.05) is 11.9 Å². The maximum Gasteiger partial charge on any atom is 0.127 e. The van der Waals surface area contributed by atoms with Gasteiger partial charge in [0.25, 0.3) is 0 Å². The number of fused-ring (bicyclic) bond motifs is 1. The first-order chi connectivity index (χ1) is 9.15. The number of benzene rings is 1. The SMILES string of the molecule is CC1CC1CNc1cc(C(N)=S)c2ccccc2n1. The number of nitrogens with one attached hydrogen (secondary N) is 1. The number of nitrogens with zero attached hydrogens (tertiary/aromatic N) is 1. The zero-order valence-electron chi connectivity index (χ0n) is 10.9. The van der Waals surface area contributed by atoms with Gasteiger partial charge >= 0.3 is 0 Å². The molecule has 19 heavy (non-hydrogen) atoms. The predicted octanol–water partition coefficient (Wildman–Crippen LogP) is 2.94. The third-order valence-electron chi connectivity index (χ3n) is 3.80. The number of aromatic nitrogens is 1. The summed E-state index contributed by atoms with van der Waals surface area (Å²) in [4.78, 5) is 5.03. The Hall–Kier alpha value is -1.68. The molecule has 1 aliphatic rings. The Morgan fingerprint density at radius 3 is 2.89 bits per heavy atom. The maximum atomic E-state index is 5.81. The molecule has 2 atom stereocenters. The van der Waals surface area contributed by atoms with E-state index in [0.717, 1.165) is 40.7 Å². The molecule has 3 rings (SSSR count). The highest BCUT2D eigenvalue weighted by molar-refractivity contribution is 7.80. The van der Waals surface area contributed by atoms with E-state index in [1.165, 1.54) is 6.42 Å². The molecule has 2 aromatic rings. The Morgan fingerprint density at radius 2 is 2.21 bits per heavy atom. The van der Waals surface area contributed by atoms with Crippen molar-refractivity contribution in [3.05, 3.63) is 35.9 Å². The third kappa shape index (κ3) is 2.54. The van der Waals surface area contributed by atoms with Crippen LogP contribution in [0.5, 0.6) is 0 Å². The summed E-state index contributed by atoms with van der Waals surface area (Å²) in [5, 5.41) is 4.41. The minimum Gasteiger partial charge on any atom is -0.389 e. The average Bonchev–Trinajstić information content (AvgIpc) is 3.11. The Bertz CT molecular complexity index is 638. The van der Waals surface area contributed by atoms with Gasteiger partial charge in [-0.1, -0.05) is 37.3 Å². The smallest absolute Gasteiger partial charge is 0.127 e. The molecule has 1 aromatic heterocycles. The molecule has 3 N–H and O–H groups in total. The quantitative estimate of drug-likeness (QED) is 0.840. The topological polar surface area (TPSA) is 50.9 Å². The predicted molar refractivity (Wildman–Crippen MR) is 83.4 cm³/mol. The fraction of sp³-hybridized carbons (Fsp3) is 0.333. The minimum absolute atomic E-state index is 0.418. The molecule has 0 aliphatic heterocycles. The van der Waals surface area contributed by atoms with Crippen LogP contribution in [-0.4, -0.2) is 16.5 Å². The molecule has 1 fully saturated rings. The summed E-state index contributed by atoms with van der Waals surface area (Å²) in [7, 11) is 0. The molecular formula is C15H17N3S. The van der Waals surface area contributed by atoms with Crippen molar-refractivity contribution in [3.8, 4) is 0 Å². The van der Waals surface area contributed by atoms with Crippen LogP contribution in [0, 0.1) is 11.8 Å². The molecule has 2 unspecified atom stereocenters. The van der Waals surface area contributed by atoms with Crippen LogP contribution in [-0.2, 0) is 0 Å². The molecule has 98 valence electrons. The van der Waals surface area contributed by atoms with Crippen LogP contribution in [0.15, 0.2) is 30.3 Å². The van der Waals surface area contributed by atoms with Gasteiger partial charge in [-0.25, -0.2) is 4.98 Å². The largest absolute Gasteiger partial charge is 0.389 e. The van der Waals surface area contributed by atoms with E-state index in [4.69, 9.17) is 18.0 Å². The second kappa shape index (κ2) is 4.78. The fourth-order valence-corrected chi connectivity index (χ4v) is 2.56. The number of thiocarbonyl (C=S) groups is 1. The van der Waals surface area contributed by atoms with Gasteiger partial charge < -0.3 is 11.1 Å². The minimum atomic E-state index is 0.418. The molecule has 0 bridgehead atoms. The number of nitrogens with two attached hydrogens (primary N) is 1. The van der Waals surface area contributed by atoms with Crippen molar-refractivity contribution in [1.82, 2.24) is 4.98 Å². The van der Waals surface area contributed by atoms with Gasteiger partial charge in [-0.15, -0.1) is 0 Å². The summed E-state index contributed by atoms with van der Waals surface area (Å²) in [6.45, 7) is 3.25. The molecule has 0 spiro atoms. The van der Waals surface area contributed by atoms with E-state index in [1.54, 1.807) is 0 Å². The van der Waals surface area contributed by atoms with E-state index in [2.05, 4.69) is 17.2 Å². The van der Waals surface area contributed by atoms with Gasteiger partial charge in [-0.2, -0.15) is 0 Å². The lowest BCUT2D eigenvalue weighted by Crippen LogP contribution is -2.12. The zero-order chi connectivity index (χ0) is 13.4. The number of anilines is 1. The molecule has 0 amide bonds. The van der Waals surface area contributed by atoms with Crippen LogP contribution >= 0.6 is 12.2 Å². The summed E-state index contributed by atoms with van der Waals surface area (Å²) >= 11 is 5.14. The Kier molecular flexibility index (Phi) is 3.11. The average molecular weight is 271 g/mol. The molecule has 4 heteroatoms. The molecular weight excluding hydrogens is 254 g/mol. The normalized spacial score (nSPS) is 21.3. The van der Waals surface area contributed by atoms with Crippen molar-refractivity contribution >= 4 is 33.9 Å². The number of pyridine rings is 1. The summed E-state index contributed by atoms with van der Waals surface area (Å²) in [6, 6.07) is 9.90. The highest BCUT2D eigenvalue weighted by Gasteiger charge is 2.31. The number of para-hydroxylation sites is 1. The highest BCUT2D eigenvalue weighted by Crippen LogP contribution is 2.37. The van der Waals surface area contributed by atoms with Crippen molar-refractivity contribution in [2.24, 2.45) is 17.6 Å². The second-order valence-corrected chi connectivity index (χ2v) is 5.73. The number of hydrogen-bond donors (Lipinski definition) is 2. The van der Waals surface area contributed by atoms with E-state index in [9.17, 15) is 0 Å².